The predicted octanol–water partition coefficient (Wildman–Crippen LogP) is 16.3. The monoisotopic (exact) mass is 785 g/mol. The molecule has 0 aromatic heterocycles. The second-order valence-corrected chi connectivity index (χ2v) is 16.8. The van der Waals surface area contributed by atoms with Crippen molar-refractivity contribution in [3.8, 4) is 44.5 Å². The third-order valence-corrected chi connectivity index (χ3v) is 13.7. The molecule has 0 radical (unpaired) electrons. The molecule has 1 unspecified atom stereocenters. The van der Waals surface area contributed by atoms with Gasteiger partial charge in [-0.2, -0.15) is 0 Å². The Balaban J connectivity index is 1.02. The highest BCUT2D eigenvalue weighted by Gasteiger charge is 2.52. The first-order valence-corrected chi connectivity index (χ1v) is 21.6. The minimum atomic E-state index is -0.507. The fraction of sp³-hybridized carbons (Fsp3) is 0.0164. The van der Waals surface area contributed by atoms with Crippen LogP contribution in [0.2, 0.25) is 0 Å². The summed E-state index contributed by atoms with van der Waals surface area (Å²) in [5.41, 5.74) is 18.3. The maximum Gasteiger partial charge on any atom is 0.0726 e. The first-order valence-electron chi connectivity index (χ1n) is 21.6. The van der Waals surface area contributed by atoms with Gasteiger partial charge in [0.05, 0.1) is 5.41 Å². The van der Waals surface area contributed by atoms with Crippen LogP contribution < -0.4 is 4.90 Å². The van der Waals surface area contributed by atoms with Crippen molar-refractivity contribution in [1.82, 2.24) is 0 Å². The van der Waals surface area contributed by atoms with Gasteiger partial charge in [-0.25, -0.2) is 0 Å². The van der Waals surface area contributed by atoms with E-state index in [2.05, 4.69) is 241 Å². The smallest absolute Gasteiger partial charge is 0.0726 e. The molecule has 62 heavy (non-hydrogen) atoms. The van der Waals surface area contributed by atoms with Gasteiger partial charge in [0.2, 0.25) is 0 Å². The van der Waals surface area contributed by atoms with E-state index < -0.39 is 5.41 Å². The average molecular weight is 786 g/mol. The summed E-state index contributed by atoms with van der Waals surface area (Å²) >= 11 is 0. The molecule has 1 atom stereocenters. The SMILES string of the molecule is c1ccc(-c2ccc(-c3ccc(N(c4ccccc4)c4ccc5c(c4)C4(c6ccccc6-5)c5ccccc5-c5cc6c7ccccc7c7ccccc7c6cc54)cc3)cc2)cc1. The van der Waals surface area contributed by atoms with E-state index in [0.717, 1.165) is 17.1 Å². The molecule has 11 aromatic carbocycles. The molecule has 1 nitrogen and oxygen atoms in total. The van der Waals surface area contributed by atoms with E-state index in [1.807, 2.05) is 0 Å². The van der Waals surface area contributed by atoms with Gasteiger partial charge in [-0.15, -0.1) is 0 Å². The molecule has 0 saturated heterocycles. The van der Waals surface area contributed by atoms with E-state index >= 15 is 0 Å². The molecule has 0 fully saturated rings. The van der Waals surface area contributed by atoms with Gasteiger partial charge in [-0.05, 0) is 148 Å². The lowest BCUT2D eigenvalue weighted by atomic mass is 9.70. The Kier molecular flexibility index (Phi) is 7.59. The largest absolute Gasteiger partial charge is 0.310 e. The highest BCUT2D eigenvalue weighted by atomic mass is 15.1. The van der Waals surface area contributed by atoms with Crippen LogP contribution in [0, 0.1) is 0 Å². The maximum atomic E-state index is 2.55. The van der Waals surface area contributed by atoms with Gasteiger partial charge in [0.1, 0.15) is 0 Å². The van der Waals surface area contributed by atoms with Gasteiger partial charge in [-0.3, -0.25) is 0 Å². The van der Waals surface area contributed by atoms with E-state index in [0.29, 0.717) is 0 Å². The van der Waals surface area contributed by atoms with Crippen molar-refractivity contribution < 1.29 is 0 Å². The molecule has 2 aliphatic carbocycles. The first kappa shape index (κ1) is 34.8. The summed E-state index contributed by atoms with van der Waals surface area (Å²) in [4.78, 5) is 2.42. The van der Waals surface area contributed by atoms with Gasteiger partial charge in [-0.1, -0.05) is 188 Å². The predicted molar refractivity (Wildman–Crippen MR) is 261 cm³/mol. The van der Waals surface area contributed by atoms with E-state index in [9.17, 15) is 0 Å². The van der Waals surface area contributed by atoms with Crippen LogP contribution in [-0.4, -0.2) is 0 Å². The Bertz CT molecular complexity index is 3550. The molecule has 0 aliphatic heterocycles. The third kappa shape index (κ3) is 4.97. The van der Waals surface area contributed by atoms with Gasteiger partial charge < -0.3 is 4.90 Å². The van der Waals surface area contributed by atoms with Crippen LogP contribution in [0.15, 0.2) is 237 Å². The summed E-state index contributed by atoms with van der Waals surface area (Å²) in [6, 6.07) is 87.8. The Labute approximate surface area is 361 Å². The Morgan fingerprint density at radius 1 is 0.226 bits per heavy atom. The molecule has 1 heteroatoms. The first-order chi connectivity index (χ1) is 30.8. The Morgan fingerprint density at radius 3 is 1.21 bits per heavy atom. The fourth-order valence-electron chi connectivity index (χ4n) is 11.0. The van der Waals surface area contributed by atoms with Gasteiger partial charge in [0, 0.05) is 17.1 Å². The minimum Gasteiger partial charge on any atom is -0.310 e. The summed E-state index contributed by atoms with van der Waals surface area (Å²) < 4.78 is 0. The summed E-state index contributed by atoms with van der Waals surface area (Å²) in [5, 5.41) is 7.78. The standard InChI is InChI=1S/C61H39N/c1-3-15-40(16-4-1)41-27-29-42(30-28-41)43-31-33-45(34-32-43)62(44-17-5-2-6-18-44)46-35-36-53-51-23-11-13-25-57(51)61(59(53)37-46)58-26-14-12-24-52(58)56-38-54-49-21-9-7-19-47(49)48-20-8-10-22-50(48)55(54)39-60(56)61/h1-39H. The van der Waals surface area contributed by atoms with Crippen LogP contribution in [0.4, 0.5) is 17.1 Å². The number of fused-ring (bicyclic) bond motifs is 16. The molecule has 1 spiro atoms. The van der Waals surface area contributed by atoms with Gasteiger partial charge in [0.25, 0.3) is 0 Å². The lowest BCUT2D eigenvalue weighted by molar-refractivity contribution is 0.795. The second kappa shape index (κ2) is 13.5. The lowest BCUT2D eigenvalue weighted by Crippen LogP contribution is -2.26. The van der Waals surface area contributed by atoms with Crippen molar-refractivity contribution in [3.63, 3.8) is 0 Å². The molecule has 0 bridgehead atoms. The summed E-state index contributed by atoms with van der Waals surface area (Å²) in [7, 11) is 0. The average Bonchev–Trinajstić information content (AvgIpc) is 3.81. The Morgan fingerprint density at radius 2 is 0.613 bits per heavy atom. The molecule has 288 valence electrons. The molecule has 0 saturated carbocycles. The molecule has 11 aromatic rings. The molecule has 2 aliphatic rings. The molecule has 0 heterocycles. The number of rotatable bonds is 5. The van der Waals surface area contributed by atoms with E-state index in [1.54, 1.807) is 0 Å². The van der Waals surface area contributed by atoms with Crippen molar-refractivity contribution in [2.45, 2.75) is 5.41 Å². The van der Waals surface area contributed by atoms with Gasteiger partial charge >= 0.3 is 0 Å². The number of para-hydroxylation sites is 1. The van der Waals surface area contributed by atoms with Crippen LogP contribution in [0.5, 0.6) is 0 Å². The molecule has 13 rings (SSSR count). The van der Waals surface area contributed by atoms with E-state index in [-0.39, 0.29) is 0 Å². The van der Waals surface area contributed by atoms with Crippen LogP contribution in [0.3, 0.4) is 0 Å². The zero-order valence-corrected chi connectivity index (χ0v) is 34.0. The highest BCUT2D eigenvalue weighted by Crippen LogP contribution is 2.64. The number of nitrogens with zero attached hydrogens (tertiary/aromatic N) is 1. The summed E-state index contributed by atoms with van der Waals surface area (Å²) in [6.07, 6.45) is 0. The normalized spacial score (nSPS) is 14.5. The summed E-state index contributed by atoms with van der Waals surface area (Å²) in [5.74, 6) is 0. The van der Waals surface area contributed by atoms with Crippen molar-refractivity contribution >= 4 is 49.4 Å². The van der Waals surface area contributed by atoms with Crippen LogP contribution in [0.25, 0.3) is 76.8 Å². The number of benzene rings is 11. The topological polar surface area (TPSA) is 3.24 Å². The molecular formula is C61H39N. The van der Waals surface area contributed by atoms with E-state index in [4.69, 9.17) is 0 Å². The number of hydrogen-bond donors (Lipinski definition) is 0. The van der Waals surface area contributed by atoms with Crippen molar-refractivity contribution in [3.05, 3.63) is 259 Å². The van der Waals surface area contributed by atoms with E-state index in [1.165, 1.54) is 99.1 Å². The van der Waals surface area contributed by atoms with Crippen molar-refractivity contribution in [2.24, 2.45) is 0 Å². The number of hydrogen-bond acceptors (Lipinski definition) is 1. The number of anilines is 3. The zero-order valence-electron chi connectivity index (χ0n) is 34.0. The maximum absolute atomic E-state index is 2.55. The fourth-order valence-corrected chi connectivity index (χ4v) is 11.0. The van der Waals surface area contributed by atoms with Crippen molar-refractivity contribution in [1.29, 1.82) is 0 Å². The summed E-state index contributed by atoms with van der Waals surface area (Å²) in [6.45, 7) is 0. The van der Waals surface area contributed by atoms with Gasteiger partial charge in [0.15, 0.2) is 0 Å². The van der Waals surface area contributed by atoms with Crippen molar-refractivity contribution in [2.75, 3.05) is 4.90 Å². The van der Waals surface area contributed by atoms with Crippen LogP contribution in [-0.2, 0) is 5.41 Å². The second-order valence-electron chi connectivity index (χ2n) is 16.8. The third-order valence-electron chi connectivity index (χ3n) is 13.7. The Hall–Kier alpha value is -8.00. The molecular weight excluding hydrogens is 747 g/mol. The minimum absolute atomic E-state index is 0.507. The lowest BCUT2D eigenvalue weighted by Gasteiger charge is -2.32. The quantitative estimate of drug-likeness (QED) is 0.157. The molecule has 0 amide bonds. The van der Waals surface area contributed by atoms with Crippen LogP contribution >= 0.6 is 0 Å². The zero-order chi connectivity index (χ0) is 40.8. The highest BCUT2D eigenvalue weighted by molar-refractivity contribution is 6.26. The molecule has 0 N–H and O–H groups in total. The van der Waals surface area contributed by atoms with Crippen LogP contribution in [0.1, 0.15) is 22.3 Å².